The van der Waals surface area contributed by atoms with Crippen LogP contribution in [0.1, 0.15) is 33.1 Å². The van der Waals surface area contributed by atoms with E-state index in [1.807, 2.05) is 0 Å². The van der Waals surface area contributed by atoms with E-state index in [2.05, 4.69) is 33.9 Å². The summed E-state index contributed by atoms with van der Waals surface area (Å²) >= 11 is 0. The SMILES string of the molecule is CC(C)(CO)CN1CCCNCCCN(CCO)CCN(CCO)CCC1. The minimum Gasteiger partial charge on any atom is -0.396 e. The van der Waals surface area contributed by atoms with Crippen molar-refractivity contribution < 1.29 is 15.3 Å². The zero-order valence-electron chi connectivity index (χ0n) is 17.7. The first kappa shape index (κ1) is 24.8. The van der Waals surface area contributed by atoms with Crippen LogP contribution < -0.4 is 5.32 Å². The maximum absolute atomic E-state index is 9.62. The van der Waals surface area contributed by atoms with Gasteiger partial charge in [-0.1, -0.05) is 13.8 Å². The Morgan fingerprint density at radius 1 is 0.704 bits per heavy atom. The zero-order valence-corrected chi connectivity index (χ0v) is 17.7. The molecule has 27 heavy (non-hydrogen) atoms. The first-order valence-corrected chi connectivity index (χ1v) is 10.7. The van der Waals surface area contributed by atoms with E-state index in [4.69, 9.17) is 0 Å². The number of aliphatic hydroxyl groups excluding tert-OH is 3. The van der Waals surface area contributed by atoms with Gasteiger partial charge in [-0.15, -0.1) is 0 Å². The van der Waals surface area contributed by atoms with Crippen molar-refractivity contribution in [3.05, 3.63) is 0 Å². The summed E-state index contributed by atoms with van der Waals surface area (Å²) in [6.07, 6.45) is 3.26. The van der Waals surface area contributed by atoms with Gasteiger partial charge in [-0.3, -0.25) is 9.80 Å². The second-order valence-corrected chi connectivity index (χ2v) is 8.54. The van der Waals surface area contributed by atoms with Crippen molar-refractivity contribution in [1.29, 1.82) is 0 Å². The molecule has 1 fully saturated rings. The summed E-state index contributed by atoms with van der Waals surface area (Å²) < 4.78 is 0. The second kappa shape index (κ2) is 14.7. The molecular weight excluding hydrogens is 344 g/mol. The monoisotopic (exact) mass is 388 g/mol. The highest BCUT2D eigenvalue weighted by atomic mass is 16.3. The van der Waals surface area contributed by atoms with Gasteiger partial charge in [0.15, 0.2) is 0 Å². The average molecular weight is 389 g/mol. The second-order valence-electron chi connectivity index (χ2n) is 8.54. The van der Waals surface area contributed by atoms with E-state index in [1.165, 1.54) is 0 Å². The van der Waals surface area contributed by atoms with Gasteiger partial charge in [0, 0.05) is 44.7 Å². The molecule has 0 aromatic heterocycles. The molecule has 0 aliphatic carbocycles. The quantitative estimate of drug-likeness (QED) is 0.475. The molecule has 7 heteroatoms. The van der Waals surface area contributed by atoms with Crippen molar-refractivity contribution in [3.8, 4) is 0 Å². The van der Waals surface area contributed by atoms with Crippen molar-refractivity contribution in [2.45, 2.75) is 33.1 Å². The van der Waals surface area contributed by atoms with Crippen LogP contribution in [0.2, 0.25) is 0 Å². The van der Waals surface area contributed by atoms with Gasteiger partial charge in [-0.2, -0.15) is 0 Å². The smallest absolute Gasteiger partial charge is 0.0558 e. The lowest BCUT2D eigenvalue weighted by atomic mass is 9.94. The van der Waals surface area contributed by atoms with Crippen LogP contribution in [0.25, 0.3) is 0 Å². The Balaban J connectivity index is 2.63. The molecule has 0 aromatic carbocycles. The summed E-state index contributed by atoms with van der Waals surface area (Å²) in [7, 11) is 0. The van der Waals surface area contributed by atoms with Gasteiger partial charge in [-0.05, 0) is 58.5 Å². The lowest BCUT2D eigenvalue weighted by Gasteiger charge is -2.32. The molecule has 4 N–H and O–H groups in total. The molecule has 162 valence electrons. The van der Waals surface area contributed by atoms with Crippen LogP contribution >= 0.6 is 0 Å². The number of aliphatic hydroxyl groups is 3. The highest BCUT2D eigenvalue weighted by molar-refractivity contribution is 4.74. The number of rotatable bonds is 7. The molecule has 1 aliphatic rings. The van der Waals surface area contributed by atoms with Crippen LogP contribution in [0.5, 0.6) is 0 Å². The fourth-order valence-electron chi connectivity index (χ4n) is 3.66. The molecule has 1 aliphatic heterocycles. The fourth-order valence-corrected chi connectivity index (χ4v) is 3.66. The number of nitrogens with zero attached hydrogens (tertiary/aromatic N) is 3. The molecule has 0 atom stereocenters. The largest absolute Gasteiger partial charge is 0.396 e. The van der Waals surface area contributed by atoms with Crippen molar-refractivity contribution in [3.63, 3.8) is 0 Å². The molecule has 1 saturated heterocycles. The van der Waals surface area contributed by atoms with Crippen molar-refractivity contribution >= 4 is 0 Å². The molecule has 0 saturated carbocycles. The van der Waals surface area contributed by atoms with Gasteiger partial charge in [-0.25, -0.2) is 0 Å². The first-order chi connectivity index (χ1) is 13.0. The zero-order chi connectivity index (χ0) is 20.0. The van der Waals surface area contributed by atoms with Crippen molar-refractivity contribution in [2.24, 2.45) is 5.41 Å². The minimum atomic E-state index is -0.0775. The van der Waals surface area contributed by atoms with E-state index in [1.54, 1.807) is 0 Å². The highest BCUT2D eigenvalue weighted by Crippen LogP contribution is 2.16. The van der Waals surface area contributed by atoms with Crippen molar-refractivity contribution in [2.75, 3.05) is 91.8 Å². The van der Waals surface area contributed by atoms with Gasteiger partial charge < -0.3 is 25.5 Å². The van der Waals surface area contributed by atoms with Gasteiger partial charge in [0.1, 0.15) is 0 Å². The Labute approximate surface area is 166 Å². The number of β-amino-alcohol motifs (C(OH)–C–C–N with tert-alkyl or cyclic N) is 2. The predicted octanol–water partition coefficient (Wildman–Crippen LogP) is -0.331. The molecule has 0 bridgehead atoms. The summed E-state index contributed by atoms with van der Waals surface area (Å²) in [6, 6.07) is 0. The van der Waals surface area contributed by atoms with E-state index < -0.39 is 0 Å². The van der Waals surface area contributed by atoms with Crippen LogP contribution in [0.3, 0.4) is 0 Å². The number of hydrogen-bond acceptors (Lipinski definition) is 7. The predicted molar refractivity (Wildman–Crippen MR) is 111 cm³/mol. The summed E-state index contributed by atoms with van der Waals surface area (Å²) in [5, 5.41) is 31.8. The average Bonchev–Trinajstić information content (AvgIpc) is 2.64. The third-order valence-electron chi connectivity index (χ3n) is 5.25. The normalized spacial score (nSPS) is 21.7. The molecule has 0 spiro atoms. The molecule has 0 aromatic rings. The van der Waals surface area contributed by atoms with Gasteiger partial charge in [0.25, 0.3) is 0 Å². The lowest BCUT2D eigenvalue weighted by Crippen LogP contribution is -2.41. The Hall–Kier alpha value is -0.280. The third kappa shape index (κ3) is 12.0. The minimum absolute atomic E-state index is 0.0775. The van der Waals surface area contributed by atoms with Crippen LogP contribution in [-0.2, 0) is 0 Å². The first-order valence-electron chi connectivity index (χ1n) is 10.7. The highest BCUT2D eigenvalue weighted by Gasteiger charge is 2.21. The summed E-state index contributed by atoms with van der Waals surface area (Å²) in [6.45, 7) is 15.1. The summed E-state index contributed by atoms with van der Waals surface area (Å²) in [5.41, 5.74) is -0.0775. The maximum atomic E-state index is 9.62. The summed E-state index contributed by atoms with van der Waals surface area (Å²) in [4.78, 5) is 7.13. The standard InChI is InChI=1S/C20H44N4O3/c1-20(2,19-27)18-24-9-4-7-21-6-3-8-22(14-16-25)12-13-23(15-17-26)10-5-11-24/h21,25-27H,3-19H2,1-2H3. The molecule has 1 rings (SSSR count). The van der Waals surface area contributed by atoms with Gasteiger partial charge in [0.05, 0.1) is 13.2 Å². The van der Waals surface area contributed by atoms with Crippen molar-refractivity contribution in [1.82, 2.24) is 20.0 Å². The topological polar surface area (TPSA) is 82.4 Å². The van der Waals surface area contributed by atoms with E-state index in [0.717, 1.165) is 84.7 Å². The fraction of sp³-hybridized carbons (Fsp3) is 1.00. The van der Waals surface area contributed by atoms with Gasteiger partial charge >= 0.3 is 0 Å². The Morgan fingerprint density at radius 2 is 1.19 bits per heavy atom. The molecular formula is C20H44N4O3. The molecule has 1 heterocycles. The van der Waals surface area contributed by atoms with E-state index >= 15 is 0 Å². The van der Waals surface area contributed by atoms with Gasteiger partial charge in [0.2, 0.25) is 0 Å². The van der Waals surface area contributed by atoms with Crippen LogP contribution in [0.15, 0.2) is 0 Å². The molecule has 7 nitrogen and oxygen atoms in total. The van der Waals surface area contributed by atoms with E-state index in [-0.39, 0.29) is 25.2 Å². The van der Waals surface area contributed by atoms with Crippen LogP contribution in [0, 0.1) is 5.41 Å². The lowest BCUT2D eigenvalue weighted by molar-refractivity contribution is 0.0972. The summed E-state index contributed by atoms with van der Waals surface area (Å²) in [5.74, 6) is 0. The van der Waals surface area contributed by atoms with E-state index in [0.29, 0.717) is 6.54 Å². The van der Waals surface area contributed by atoms with Crippen LogP contribution in [0.4, 0.5) is 0 Å². The Kier molecular flexibility index (Phi) is 13.5. The number of nitrogens with one attached hydrogen (secondary N) is 1. The Morgan fingerprint density at radius 3 is 1.70 bits per heavy atom. The Bertz CT molecular complexity index is 358. The molecule has 0 unspecified atom stereocenters. The molecule has 0 radical (unpaired) electrons. The number of hydrogen-bond donors (Lipinski definition) is 4. The molecule has 0 amide bonds. The van der Waals surface area contributed by atoms with E-state index in [9.17, 15) is 15.3 Å². The maximum Gasteiger partial charge on any atom is 0.0558 e. The van der Waals surface area contributed by atoms with Crippen LogP contribution in [-0.4, -0.2) is 122 Å². The third-order valence-corrected chi connectivity index (χ3v) is 5.25.